The number of hydrogen-bond acceptors (Lipinski definition) is 8. The van der Waals surface area contributed by atoms with Crippen LogP contribution in [0.3, 0.4) is 0 Å². The van der Waals surface area contributed by atoms with Crippen LogP contribution in [0.15, 0.2) is 24.0 Å². The minimum absolute atomic E-state index is 0.0642. The van der Waals surface area contributed by atoms with Crippen molar-refractivity contribution in [3.8, 4) is 11.5 Å². The van der Waals surface area contributed by atoms with E-state index in [2.05, 4.69) is 0 Å². The van der Waals surface area contributed by atoms with Crippen molar-refractivity contribution >= 4 is 6.08 Å². The first kappa shape index (κ1) is 23.2. The summed E-state index contributed by atoms with van der Waals surface area (Å²) in [4.78, 5) is 0. The van der Waals surface area contributed by atoms with E-state index in [1.165, 1.54) is 6.08 Å². The van der Waals surface area contributed by atoms with E-state index in [-0.39, 0.29) is 12.2 Å². The maximum absolute atomic E-state index is 10.1. The van der Waals surface area contributed by atoms with Crippen LogP contribution >= 0.6 is 0 Å². The zero-order valence-electron chi connectivity index (χ0n) is 16.0. The molecule has 1 aromatic rings. The third-order valence-electron chi connectivity index (χ3n) is 3.57. The average molecular weight is 386 g/mol. The van der Waals surface area contributed by atoms with Gasteiger partial charge < -0.3 is 40.1 Å². The molecule has 0 aliphatic carbocycles. The van der Waals surface area contributed by atoms with Crippen LogP contribution in [0.4, 0.5) is 0 Å². The molecule has 0 aliphatic rings. The molecule has 1 rings (SSSR count). The van der Waals surface area contributed by atoms with E-state index in [9.17, 15) is 25.5 Å². The Balaban J connectivity index is 3.06. The standard InChI is InChI=1S/C19H30O8/c1-10(2)26-15-6-5-12(8-16(15)27-11(3)4)7-13(21)17(23)19(25)18(24)14(22)9-20/h5-8,10-11,14,17-25H,9H2,1-4H3/t14-,17+,18-,19-/m1/s1. The maximum Gasteiger partial charge on any atom is 0.162 e. The van der Waals surface area contributed by atoms with E-state index in [0.29, 0.717) is 17.1 Å². The molecule has 0 aliphatic heterocycles. The molecule has 154 valence electrons. The summed E-state index contributed by atoms with van der Waals surface area (Å²) in [5, 5.41) is 57.6. The molecule has 8 nitrogen and oxygen atoms in total. The van der Waals surface area contributed by atoms with E-state index in [1.54, 1.807) is 18.2 Å². The summed E-state index contributed by atoms with van der Waals surface area (Å²) >= 11 is 0. The summed E-state index contributed by atoms with van der Waals surface area (Å²) in [5.74, 6) is 0.350. The van der Waals surface area contributed by atoms with Gasteiger partial charge in [-0.2, -0.15) is 0 Å². The lowest BCUT2D eigenvalue weighted by molar-refractivity contribution is -0.112. The van der Waals surface area contributed by atoms with Crippen molar-refractivity contribution in [3.63, 3.8) is 0 Å². The van der Waals surface area contributed by atoms with Crippen molar-refractivity contribution in [2.75, 3.05) is 6.61 Å². The molecule has 0 heterocycles. The summed E-state index contributed by atoms with van der Waals surface area (Å²) in [6.45, 7) is 6.66. The minimum Gasteiger partial charge on any atom is -0.509 e. The van der Waals surface area contributed by atoms with Gasteiger partial charge in [-0.15, -0.1) is 0 Å². The van der Waals surface area contributed by atoms with Crippen LogP contribution < -0.4 is 9.47 Å². The lowest BCUT2D eigenvalue weighted by atomic mass is 10.0. The van der Waals surface area contributed by atoms with Crippen molar-refractivity contribution in [1.82, 2.24) is 0 Å². The van der Waals surface area contributed by atoms with E-state index in [1.807, 2.05) is 27.7 Å². The van der Waals surface area contributed by atoms with Gasteiger partial charge in [-0.25, -0.2) is 0 Å². The molecule has 0 bridgehead atoms. The second kappa shape index (κ2) is 10.5. The Morgan fingerprint density at radius 3 is 2.00 bits per heavy atom. The maximum atomic E-state index is 10.1. The van der Waals surface area contributed by atoms with Crippen molar-refractivity contribution in [1.29, 1.82) is 0 Å². The van der Waals surface area contributed by atoms with E-state index >= 15 is 0 Å². The molecule has 27 heavy (non-hydrogen) atoms. The van der Waals surface area contributed by atoms with Crippen LogP contribution in [0.25, 0.3) is 6.08 Å². The molecule has 0 unspecified atom stereocenters. The quantitative estimate of drug-likeness (QED) is 0.321. The van der Waals surface area contributed by atoms with Gasteiger partial charge in [0.25, 0.3) is 0 Å². The Labute approximate surface area is 158 Å². The van der Waals surface area contributed by atoms with Gasteiger partial charge in [0.15, 0.2) is 11.5 Å². The molecular weight excluding hydrogens is 356 g/mol. The Morgan fingerprint density at radius 2 is 1.48 bits per heavy atom. The van der Waals surface area contributed by atoms with E-state index < -0.39 is 36.8 Å². The second-order valence-electron chi connectivity index (χ2n) is 6.78. The molecule has 0 aromatic heterocycles. The second-order valence-corrected chi connectivity index (χ2v) is 6.78. The molecule has 0 amide bonds. The Morgan fingerprint density at radius 1 is 0.926 bits per heavy atom. The fourth-order valence-corrected chi connectivity index (χ4v) is 2.27. The first-order chi connectivity index (χ1) is 12.6. The van der Waals surface area contributed by atoms with Crippen molar-refractivity contribution < 1.29 is 40.1 Å². The summed E-state index contributed by atoms with van der Waals surface area (Å²) < 4.78 is 11.4. The smallest absolute Gasteiger partial charge is 0.162 e. The summed E-state index contributed by atoms with van der Waals surface area (Å²) in [6, 6.07) is 4.88. The molecule has 0 fully saturated rings. The third-order valence-corrected chi connectivity index (χ3v) is 3.57. The lowest BCUT2D eigenvalue weighted by Crippen LogP contribution is -2.46. The number of aliphatic hydroxyl groups is 6. The van der Waals surface area contributed by atoms with Gasteiger partial charge in [0.2, 0.25) is 0 Å². The summed E-state index contributed by atoms with van der Waals surface area (Å²) in [6.07, 6.45) is -6.22. The zero-order chi connectivity index (χ0) is 20.7. The van der Waals surface area contributed by atoms with E-state index in [0.717, 1.165) is 0 Å². The van der Waals surface area contributed by atoms with Gasteiger partial charge in [-0.1, -0.05) is 6.07 Å². The molecule has 6 N–H and O–H groups in total. The highest BCUT2D eigenvalue weighted by atomic mass is 16.5. The Hall–Kier alpha value is -1.84. The van der Waals surface area contributed by atoms with Crippen LogP contribution in [0.2, 0.25) is 0 Å². The zero-order valence-corrected chi connectivity index (χ0v) is 16.0. The highest BCUT2D eigenvalue weighted by Gasteiger charge is 2.32. The fraction of sp³-hybridized carbons (Fsp3) is 0.579. The summed E-state index contributed by atoms with van der Waals surface area (Å²) in [5.41, 5.74) is 0.461. The van der Waals surface area contributed by atoms with Gasteiger partial charge in [0, 0.05) is 0 Å². The molecular formula is C19H30O8. The SMILES string of the molecule is CC(C)Oc1ccc(C=C(O)[C@H](O)[C@@H](O)[C@H](O)[C@H](O)CO)cc1OC(C)C. The number of ether oxygens (including phenoxy) is 2. The summed E-state index contributed by atoms with van der Waals surface area (Å²) in [7, 11) is 0. The van der Waals surface area contributed by atoms with Gasteiger partial charge in [-0.05, 0) is 51.5 Å². The van der Waals surface area contributed by atoms with Crippen LogP contribution in [0.1, 0.15) is 33.3 Å². The highest BCUT2D eigenvalue weighted by Crippen LogP contribution is 2.31. The van der Waals surface area contributed by atoms with Crippen LogP contribution in [0, 0.1) is 0 Å². The molecule has 1 aromatic carbocycles. The number of benzene rings is 1. The predicted molar refractivity (Wildman–Crippen MR) is 99.7 cm³/mol. The highest BCUT2D eigenvalue weighted by molar-refractivity contribution is 5.57. The average Bonchev–Trinajstić information content (AvgIpc) is 2.60. The predicted octanol–water partition coefficient (Wildman–Crippen LogP) is 0.596. The van der Waals surface area contributed by atoms with Crippen LogP contribution in [-0.4, -0.2) is 73.9 Å². The van der Waals surface area contributed by atoms with Crippen LogP contribution in [0.5, 0.6) is 11.5 Å². The molecule has 0 saturated carbocycles. The monoisotopic (exact) mass is 386 g/mol. The molecule has 0 spiro atoms. The third kappa shape index (κ3) is 7.00. The topological polar surface area (TPSA) is 140 Å². The molecule has 8 heteroatoms. The van der Waals surface area contributed by atoms with Crippen molar-refractivity contribution in [3.05, 3.63) is 29.5 Å². The number of aliphatic hydroxyl groups excluding tert-OH is 6. The first-order valence-electron chi connectivity index (χ1n) is 8.77. The number of hydrogen-bond donors (Lipinski definition) is 6. The fourth-order valence-electron chi connectivity index (χ4n) is 2.27. The van der Waals surface area contributed by atoms with E-state index in [4.69, 9.17) is 14.6 Å². The lowest BCUT2D eigenvalue weighted by Gasteiger charge is -2.25. The Bertz CT molecular complexity index is 614. The van der Waals surface area contributed by atoms with Gasteiger partial charge in [0.05, 0.1) is 18.8 Å². The van der Waals surface area contributed by atoms with Crippen molar-refractivity contribution in [2.45, 2.75) is 64.3 Å². The largest absolute Gasteiger partial charge is 0.509 e. The van der Waals surface area contributed by atoms with Gasteiger partial charge >= 0.3 is 0 Å². The minimum atomic E-state index is -1.89. The van der Waals surface area contributed by atoms with Crippen molar-refractivity contribution in [2.24, 2.45) is 0 Å². The Kier molecular flexibility index (Phi) is 9.01. The molecule has 0 radical (unpaired) electrons. The van der Waals surface area contributed by atoms with Gasteiger partial charge in [-0.3, -0.25) is 0 Å². The number of rotatable bonds is 10. The molecule has 4 atom stereocenters. The van der Waals surface area contributed by atoms with Crippen LogP contribution in [-0.2, 0) is 0 Å². The first-order valence-corrected chi connectivity index (χ1v) is 8.77. The molecule has 0 saturated heterocycles. The normalized spacial score (nSPS) is 16.9. The van der Waals surface area contributed by atoms with Gasteiger partial charge in [0.1, 0.15) is 30.2 Å².